The molecule has 0 atom stereocenters. The minimum atomic E-state index is -4.69. The monoisotopic (exact) mass is 451 g/mol. The van der Waals surface area contributed by atoms with Crippen molar-refractivity contribution in [1.82, 2.24) is 9.78 Å². The van der Waals surface area contributed by atoms with Gasteiger partial charge in [0, 0.05) is 23.4 Å². The molecule has 0 saturated carbocycles. The largest absolute Gasteiger partial charge is 0.416 e. The van der Waals surface area contributed by atoms with Crippen LogP contribution in [0.3, 0.4) is 0 Å². The van der Waals surface area contributed by atoms with E-state index in [1.54, 1.807) is 10.9 Å². The molecule has 0 aliphatic heterocycles. The van der Waals surface area contributed by atoms with E-state index in [1.165, 1.54) is 6.21 Å². The molecule has 0 fully saturated rings. The van der Waals surface area contributed by atoms with Crippen LogP contribution in [-0.4, -0.2) is 20.9 Å². The van der Waals surface area contributed by atoms with E-state index in [2.05, 4.69) is 15.6 Å². The summed E-state index contributed by atoms with van der Waals surface area (Å²) in [6, 6.07) is 21.0. The number of anilines is 1. The van der Waals surface area contributed by atoms with Gasteiger partial charge >= 0.3 is 6.18 Å². The van der Waals surface area contributed by atoms with E-state index in [9.17, 15) is 23.3 Å². The van der Waals surface area contributed by atoms with Gasteiger partial charge in [-0.05, 0) is 24.3 Å². The van der Waals surface area contributed by atoms with Gasteiger partial charge in [0.2, 0.25) is 0 Å². The number of halogens is 3. The van der Waals surface area contributed by atoms with Crippen LogP contribution in [0.2, 0.25) is 0 Å². The number of nitro benzene ring substituents is 1. The van der Waals surface area contributed by atoms with Crippen LogP contribution in [0, 0.1) is 10.1 Å². The molecular formula is C23H16F3N5O2. The zero-order chi connectivity index (χ0) is 23.4. The number of hydrogen-bond acceptors (Lipinski definition) is 5. The van der Waals surface area contributed by atoms with Gasteiger partial charge in [0.1, 0.15) is 11.4 Å². The topological polar surface area (TPSA) is 85.4 Å². The van der Waals surface area contributed by atoms with E-state index < -0.39 is 22.4 Å². The first kappa shape index (κ1) is 21.8. The number of nitro groups is 1. The lowest BCUT2D eigenvalue weighted by molar-refractivity contribution is -0.384. The van der Waals surface area contributed by atoms with Gasteiger partial charge in [-0.25, -0.2) is 4.68 Å². The summed E-state index contributed by atoms with van der Waals surface area (Å²) >= 11 is 0. The molecule has 7 nitrogen and oxygen atoms in total. The van der Waals surface area contributed by atoms with Gasteiger partial charge in [-0.1, -0.05) is 48.5 Å². The van der Waals surface area contributed by atoms with Gasteiger partial charge in [-0.15, -0.1) is 0 Å². The van der Waals surface area contributed by atoms with Crippen molar-refractivity contribution in [3.63, 3.8) is 0 Å². The normalized spacial score (nSPS) is 11.6. The fraction of sp³-hybridized carbons (Fsp3) is 0.0435. The number of benzene rings is 3. The molecule has 4 rings (SSSR count). The highest BCUT2D eigenvalue weighted by Crippen LogP contribution is 2.35. The van der Waals surface area contributed by atoms with Gasteiger partial charge in [-0.2, -0.15) is 23.4 Å². The highest BCUT2D eigenvalue weighted by atomic mass is 19.4. The Kier molecular flexibility index (Phi) is 5.90. The van der Waals surface area contributed by atoms with Gasteiger partial charge in [0.05, 0.1) is 22.4 Å². The Morgan fingerprint density at radius 1 is 1.00 bits per heavy atom. The molecule has 0 saturated heterocycles. The fourth-order valence-electron chi connectivity index (χ4n) is 3.14. The maximum absolute atomic E-state index is 12.9. The number of hydrazone groups is 1. The number of hydrogen-bond donors (Lipinski definition) is 1. The molecule has 0 aliphatic carbocycles. The highest BCUT2D eigenvalue weighted by Gasteiger charge is 2.33. The lowest BCUT2D eigenvalue weighted by atomic mass is 10.1. The summed E-state index contributed by atoms with van der Waals surface area (Å²) in [4.78, 5) is 10.4. The summed E-state index contributed by atoms with van der Waals surface area (Å²) in [5, 5.41) is 19.9. The maximum Gasteiger partial charge on any atom is 0.416 e. The first-order valence-corrected chi connectivity index (χ1v) is 9.68. The Hall–Kier alpha value is -4.47. The van der Waals surface area contributed by atoms with Crippen molar-refractivity contribution in [3.05, 3.63) is 106 Å². The third-order valence-corrected chi connectivity index (χ3v) is 4.72. The second-order valence-corrected chi connectivity index (χ2v) is 6.94. The maximum atomic E-state index is 12.9. The van der Waals surface area contributed by atoms with Gasteiger partial charge in [-0.3, -0.25) is 15.5 Å². The van der Waals surface area contributed by atoms with Crippen LogP contribution >= 0.6 is 0 Å². The minimum absolute atomic E-state index is 0.166. The lowest BCUT2D eigenvalue weighted by Gasteiger charge is -2.08. The average molecular weight is 451 g/mol. The molecule has 1 aromatic heterocycles. The zero-order valence-electron chi connectivity index (χ0n) is 16.9. The number of aromatic nitrogens is 2. The quantitative estimate of drug-likeness (QED) is 0.224. The minimum Gasteiger partial charge on any atom is -0.272 e. The van der Waals surface area contributed by atoms with Gasteiger partial charge in [0.25, 0.3) is 5.69 Å². The van der Waals surface area contributed by atoms with E-state index in [0.29, 0.717) is 17.3 Å². The van der Waals surface area contributed by atoms with Crippen LogP contribution in [0.1, 0.15) is 11.1 Å². The predicted molar refractivity (Wildman–Crippen MR) is 118 cm³/mol. The predicted octanol–water partition coefficient (Wildman–Crippen LogP) is 5.91. The number of para-hydroxylation sites is 1. The van der Waals surface area contributed by atoms with Crippen LogP contribution < -0.4 is 5.43 Å². The van der Waals surface area contributed by atoms with Crippen molar-refractivity contribution >= 4 is 17.6 Å². The SMILES string of the molecule is O=[N+]([O-])c1cc(C(F)(F)F)ccc1N/N=C/c1cn(-c2ccccc2)nc1-c1ccccc1. The van der Waals surface area contributed by atoms with E-state index in [0.717, 1.165) is 23.4 Å². The molecule has 166 valence electrons. The van der Waals surface area contributed by atoms with Crippen molar-refractivity contribution in [3.8, 4) is 16.9 Å². The first-order valence-electron chi connectivity index (χ1n) is 9.68. The van der Waals surface area contributed by atoms with E-state index in [-0.39, 0.29) is 5.69 Å². The van der Waals surface area contributed by atoms with Crippen LogP contribution in [0.25, 0.3) is 16.9 Å². The Bertz CT molecular complexity index is 1300. The second kappa shape index (κ2) is 8.95. The van der Waals surface area contributed by atoms with Crippen molar-refractivity contribution in [2.24, 2.45) is 5.10 Å². The van der Waals surface area contributed by atoms with Crippen LogP contribution in [-0.2, 0) is 6.18 Å². The molecular weight excluding hydrogens is 435 g/mol. The molecule has 0 bridgehead atoms. The van der Waals surface area contributed by atoms with Crippen molar-refractivity contribution in [2.75, 3.05) is 5.43 Å². The third kappa shape index (κ3) is 4.90. The molecule has 1 heterocycles. The molecule has 10 heteroatoms. The smallest absolute Gasteiger partial charge is 0.272 e. The molecule has 0 unspecified atom stereocenters. The third-order valence-electron chi connectivity index (χ3n) is 4.72. The standard InChI is InChI=1S/C23H16F3N5O2/c24-23(25,26)18-11-12-20(21(13-18)31(32)33)28-27-14-17-15-30(19-9-5-2-6-10-19)29-22(17)16-7-3-1-4-8-16/h1-15,28H/b27-14+. The molecule has 0 amide bonds. The second-order valence-electron chi connectivity index (χ2n) is 6.94. The Labute approximate surface area is 186 Å². The van der Waals surface area contributed by atoms with Gasteiger partial charge in [0.15, 0.2) is 0 Å². The van der Waals surface area contributed by atoms with E-state index in [4.69, 9.17) is 0 Å². The van der Waals surface area contributed by atoms with Crippen LogP contribution in [0.15, 0.2) is 90.2 Å². The Balaban J connectivity index is 1.67. The van der Waals surface area contributed by atoms with Crippen LogP contribution in [0.5, 0.6) is 0 Å². The molecule has 0 aliphatic rings. The molecule has 1 N–H and O–H groups in total. The number of nitrogens with one attached hydrogen (secondary N) is 1. The van der Waals surface area contributed by atoms with Crippen molar-refractivity contribution in [2.45, 2.75) is 6.18 Å². The van der Waals surface area contributed by atoms with E-state index >= 15 is 0 Å². The number of nitrogens with zero attached hydrogens (tertiary/aromatic N) is 4. The van der Waals surface area contributed by atoms with Crippen LogP contribution in [0.4, 0.5) is 24.5 Å². The van der Waals surface area contributed by atoms with Crippen molar-refractivity contribution in [1.29, 1.82) is 0 Å². The highest BCUT2D eigenvalue weighted by molar-refractivity contribution is 5.89. The van der Waals surface area contributed by atoms with Gasteiger partial charge < -0.3 is 0 Å². The summed E-state index contributed by atoms with van der Waals surface area (Å²) in [6.45, 7) is 0. The molecule has 33 heavy (non-hydrogen) atoms. The average Bonchev–Trinajstić information content (AvgIpc) is 3.24. The summed E-state index contributed by atoms with van der Waals surface area (Å²) < 4.78 is 40.4. The Morgan fingerprint density at radius 3 is 2.30 bits per heavy atom. The number of rotatable bonds is 6. The summed E-state index contributed by atoms with van der Waals surface area (Å²) in [5.74, 6) is 0. The fourth-order valence-corrected chi connectivity index (χ4v) is 3.14. The molecule has 0 spiro atoms. The van der Waals surface area contributed by atoms with E-state index in [1.807, 2.05) is 60.7 Å². The van der Waals surface area contributed by atoms with Crippen molar-refractivity contribution < 1.29 is 18.1 Å². The zero-order valence-corrected chi connectivity index (χ0v) is 16.9. The Morgan fingerprint density at radius 2 is 1.67 bits per heavy atom. The molecule has 0 radical (unpaired) electrons. The summed E-state index contributed by atoms with van der Waals surface area (Å²) in [5.41, 5.74) is 3.33. The molecule has 3 aromatic carbocycles. The molecule has 4 aromatic rings. The lowest BCUT2D eigenvalue weighted by Crippen LogP contribution is -2.06. The summed E-state index contributed by atoms with van der Waals surface area (Å²) in [7, 11) is 0. The first-order chi connectivity index (χ1) is 15.8. The number of alkyl halides is 3. The summed E-state index contributed by atoms with van der Waals surface area (Å²) in [6.07, 6.45) is -1.54.